The Morgan fingerprint density at radius 3 is 2.67 bits per heavy atom. The molecule has 2 bridgehead atoms. The maximum Gasteiger partial charge on any atom is 0.277 e. The van der Waals surface area contributed by atoms with E-state index in [1.54, 1.807) is 24.3 Å². The lowest BCUT2D eigenvalue weighted by Gasteiger charge is -2.22. The number of carbonyl (C=O) groups is 2. The van der Waals surface area contributed by atoms with Crippen molar-refractivity contribution in [3.8, 4) is 11.5 Å². The van der Waals surface area contributed by atoms with Crippen LogP contribution >= 0.6 is 11.8 Å². The third-order valence-electron chi connectivity index (χ3n) is 5.27. The van der Waals surface area contributed by atoms with E-state index >= 15 is 0 Å². The van der Waals surface area contributed by atoms with Crippen LogP contribution < -0.4 is 10.6 Å². The van der Waals surface area contributed by atoms with Gasteiger partial charge in [-0.05, 0) is 55.4 Å². The number of amides is 2. The van der Waals surface area contributed by atoms with E-state index in [2.05, 4.69) is 20.8 Å². The van der Waals surface area contributed by atoms with E-state index in [1.165, 1.54) is 37.9 Å². The van der Waals surface area contributed by atoms with E-state index in [1.807, 2.05) is 0 Å². The Labute approximate surface area is 161 Å². The summed E-state index contributed by atoms with van der Waals surface area (Å²) in [6, 6.07) is 7.49. The van der Waals surface area contributed by atoms with E-state index in [9.17, 15) is 9.59 Å². The molecule has 8 heteroatoms. The quantitative estimate of drug-likeness (QED) is 0.741. The number of benzene rings is 1. The van der Waals surface area contributed by atoms with Crippen LogP contribution in [0.1, 0.15) is 32.6 Å². The van der Waals surface area contributed by atoms with Gasteiger partial charge in [0, 0.05) is 24.2 Å². The fourth-order valence-electron chi connectivity index (χ4n) is 4.08. The highest BCUT2D eigenvalue weighted by Gasteiger charge is 2.40. The second kappa shape index (κ2) is 7.72. The van der Waals surface area contributed by atoms with Gasteiger partial charge in [0.15, 0.2) is 0 Å². The minimum Gasteiger partial charge on any atom is -0.411 e. The zero-order chi connectivity index (χ0) is 18.8. The summed E-state index contributed by atoms with van der Waals surface area (Å²) in [5.41, 5.74) is 1.47. The first-order chi connectivity index (χ1) is 13.1. The summed E-state index contributed by atoms with van der Waals surface area (Å²) in [6.07, 6.45) is 4.96. The summed E-state index contributed by atoms with van der Waals surface area (Å²) in [5, 5.41) is 14.3. The van der Waals surface area contributed by atoms with Gasteiger partial charge in [-0.25, -0.2) is 0 Å². The van der Waals surface area contributed by atoms with Gasteiger partial charge in [0.2, 0.25) is 17.7 Å². The molecule has 1 heterocycles. The van der Waals surface area contributed by atoms with Crippen LogP contribution in [0.3, 0.4) is 0 Å². The zero-order valence-corrected chi connectivity index (χ0v) is 15.9. The van der Waals surface area contributed by atoms with Crippen molar-refractivity contribution < 1.29 is 14.0 Å². The predicted octanol–water partition coefficient (Wildman–Crippen LogP) is 3.09. The summed E-state index contributed by atoms with van der Waals surface area (Å²) in [4.78, 5) is 23.3. The smallest absolute Gasteiger partial charge is 0.277 e. The van der Waals surface area contributed by atoms with Crippen LogP contribution in [0, 0.1) is 11.8 Å². The Bertz CT molecular complexity index is 836. The third kappa shape index (κ3) is 4.32. The molecule has 0 radical (unpaired) electrons. The average Bonchev–Trinajstić information content (AvgIpc) is 3.37. The fraction of sp³-hybridized carbons (Fsp3) is 0.474. The van der Waals surface area contributed by atoms with Crippen molar-refractivity contribution in [2.24, 2.45) is 11.8 Å². The molecule has 2 amide bonds. The molecule has 2 saturated carbocycles. The predicted molar refractivity (Wildman–Crippen MR) is 102 cm³/mol. The van der Waals surface area contributed by atoms with Gasteiger partial charge in [-0.2, -0.15) is 0 Å². The van der Waals surface area contributed by atoms with Crippen molar-refractivity contribution in [3.63, 3.8) is 0 Å². The number of fused-ring (bicyclic) bond motifs is 2. The number of aromatic nitrogens is 2. The normalized spacial score (nSPS) is 23.4. The molecule has 2 N–H and O–H groups in total. The molecule has 3 atom stereocenters. The molecule has 2 aliphatic carbocycles. The van der Waals surface area contributed by atoms with Crippen molar-refractivity contribution in [1.29, 1.82) is 0 Å². The van der Waals surface area contributed by atoms with Gasteiger partial charge in [-0.3, -0.25) is 9.59 Å². The first kappa shape index (κ1) is 18.0. The van der Waals surface area contributed by atoms with E-state index in [0.29, 0.717) is 28.8 Å². The Morgan fingerprint density at radius 2 is 2.00 bits per heavy atom. The fourth-order valence-corrected chi connectivity index (χ4v) is 4.66. The van der Waals surface area contributed by atoms with Crippen LogP contribution in [-0.2, 0) is 9.59 Å². The number of carbonyl (C=O) groups excluding carboxylic acids is 2. The monoisotopic (exact) mass is 386 g/mol. The molecule has 1 aromatic heterocycles. The van der Waals surface area contributed by atoms with Crippen molar-refractivity contribution >= 4 is 29.3 Å². The van der Waals surface area contributed by atoms with Crippen molar-refractivity contribution in [2.45, 2.75) is 43.9 Å². The highest BCUT2D eigenvalue weighted by molar-refractivity contribution is 7.99. The molecular formula is C19H22N4O3S. The lowest BCUT2D eigenvalue weighted by molar-refractivity contribution is -0.119. The number of anilines is 1. The highest BCUT2D eigenvalue weighted by Crippen LogP contribution is 2.44. The first-order valence-corrected chi connectivity index (χ1v) is 10.2. The minimum absolute atomic E-state index is 0.0250. The lowest BCUT2D eigenvalue weighted by Crippen LogP contribution is -2.39. The lowest BCUT2D eigenvalue weighted by atomic mass is 9.95. The van der Waals surface area contributed by atoms with Crippen molar-refractivity contribution in [2.75, 3.05) is 11.1 Å². The van der Waals surface area contributed by atoms with Gasteiger partial charge < -0.3 is 15.1 Å². The van der Waals surface area contributed by atoms with Crippen LogP contribution in [-0.4, -0.2) is 33.8 Å². The molecule has 7 nitrogen and oxygen atoms in total. The van der Waals surface area contributed by atoms with Gasteiger partial charge >= 0.3 is 0 Å². The van der Waals surface area contributed by atoms with Gasteiger partial charge in [-0.1, -0.05) is 18.2 Å². The van der Waals surface area contributed by atoms with E-state index < -0.39 is 0 Å². The molecule has 2 aliphatic rings. The van der Waals surface area contributed by atoms with Crippen LogP contribution in [0.25, 0.3) is 11.5 Å². The molecule has 2 aromatic rings. The number of hydrogen-bond donors (Lipinski definition) is 2. The number of rotatable bonds is 6. The SMILES string of the molecule is CC(=O)Nc1ccc(-c2nnc(SCC(=O)N[C@H]3C[C@H]4CC[C@H]3C4)o2)cc1. The number of nitrogens with zero attached hydrogens (tertiary/aromatic N) is 2. The number of thioether (sulfide) groups is 1. The largest absolute Gasteiger partial charge is 0.411 e. The summed E-state index contributed by atoms with van der Waals surface area (Å²) >= 11 is 1.25. The molecule has 0 unspecified atom stereocenters. The third-order valence-corrected chi connectivity index (χ3v) is 6.09. The Hall–Kier alpha value is -2.35. The second-order valence-corrected chi connectivity index (χ2v) is 8.20. The summed E-state index contributed by atoms with van der Waals surface area (Å²) in [6.45, 7) is 1.46. The standard InChI is InChI=1S/C19H22N4O3S/c1-11(24)20-15-6-4-13(5-7-15)18-22-23-19(26-18)27-10-17(25)21-16-9-12-2-3-14(16)8-12/h4-7,12,14,16H,2-3,8-10H2,1H3,(H,20,24)(H,21,25)/t12-,14-,16-/m0/s1. The Balaban J connectivity index is 1.29. The van der Waals surface area contributed by atoms with Crippen molar-refractivity contribution in [3.05, 3.63) is 24.3 Å². The van der Waals surface area contributed by atoms with Crippen LogP contribution in [0.4, 0.5) is 5.69 Å². The maximum absolute atomic E-state index is 12.2. The number of hydrogen-bond acceptors (Lipinski definition) is 6. The molecule has 1 aromatic carbocycles. The van der Waals surface area contributed by atoms with Crippen LogP contribution in [0.2, 0.25) is 0 Å². The first-order valence-electron chi connectivity index (χ1n) is 9.20. The second-order valence-electron chi connectivity index (χ2n) is 7.27. The van der Waals surface area contributed by atoms with Crippen molar-refractivity contribution in [1.82, 2.24) is 15.5 Å². The molecule has 0 spiro atoms. The Kier molecular flexibility index (Phi) is 5.15. The summed E-state index contributed by atoms with van der Waals surface area (Å²) in [7, 11) is 0. The van der Waals surface area contributed by atoms with E-state index in [0.717, 1.165) is 17.9 Å². The molecule has 142 valence electrons. The van der Waals surface area contributed by atoms with Gasteiger partial charge in [0.1, 0.15) is 0 Å². The van der Waals surface area contributed by atoms with Gasteiger partial charge in [-0.15, -0.1) is 10.2 Å². The van der Waals surface area contributed by atoms with Gasteiger partial charge in [0.05, 0.1) is 5.75 Å². The molecule has 0 aliphatic heterocycles. The topological polar surface area (TPSA) is 97.1 Å². The summed E-state index contributed by atoms with van der Waals surface area (Å²) in [5.74, 6) is 2.04. The zero-order valence-electron chi connectivity index (χ0n) is 15.1. The van der Waals surface area contributed by atoms with Crippen LogP contribution in [0.15, 0.2) is 33.9 Å². The van der Waals surface area contributed by atoms with Crippen LogP contribution in [0.5, 0.6) is 0 Å². The maximum atomic E-state index is 12.2. The molecule has 0 saturated heterocycles. The Morgan fingerprint density at radius 1 is 1.19 bits per heavy atom. The average molecular weight is 386 g/mol. The molecule has 4 rings (SSSR count). The van der Waals surface area contributed by atoms with E-state index in [4.69, 9.17) is 4.42 Å². The minimum atomic E-state index is -0.122. The number of nitrogens with one attached hydrogen (secondary N) is 2. The highest BCUT2D eigenvalue weighted by atomic mass is 32.2. The molecule has 2 fully saturated rings. The van der Waals surface area contributed by atoms with Gasteiger partial charge in [0.25, 0.3) is 5.22 Å². The molecular weight excluding hydrogens is 364 g/mol. The van der Waals surface area contributed by atoms with E-state index in [-0.39, 0.29) is 17.6 Å². The molecule has 27 heavy (non-hydrogen) atoms. The summed E-state index contributed by atoms with van der Waals surface area (Å²) < 4.78 is 5.63.